The highest BCUT2D eigenvalue weighted by molar-refractivity contribution is 6.32. The highest BCUT2D eigenvalue weighted by Gasteiger charge is 2.25. The standard InChI is InChI=1S/C48H40N4O2/c1-5-49-37-23-21-31(41-19-13-25-53-41)43-33(37)28-40(48-46(43)30-16-10-12-18-36(30)52(48)8-4)50(6-2)38-24-22-32(42-20-14-26-54-42)44-34(38)27-39(49)47-45(44)29-15-9-11-17-35(29)51(47)7-3/h9-28H,5-8H2,1-4H3. The maximum absolute atomic E-state index is 6.20. The summed E-state index contributed by atoms with van der Waals surface area (Å²) in [5.74, 6) is 1.75. The Hall–Kier alpha value is -6.40. The molecule has 4 bridgehead atoms. The van der Waals surface area contributed by atoms with Gasteiger partial charge in [-0.2, -0.15) is 0 Å². The summed E-state index contributed by atoms with van der Waals surface area (Å²) in [6.45, 7) is 12.4. The van der Waals surface area contributed by atoms with Crippen molar-refractivity contribution in [2.45, 2.75) is 53.9 Å². The van der Waals surface area contributed by atoms with Gasteiger partial charge in [-0.1, -0.05) is 36.4 Å². The molecule has 5 aromatic heterocycles. The number of hydrogen-bond donors (Lipinski definition) is 0. The Bertz CT molecular complexity index is 3080. The van der Waals surface area contributed by atoms with E-state index in [1.165, 1.54) is 87.2 Å². The van der Waals surface area contributed by atoms with Crippen molar-refractivity contribution in [1.29, 1.82) is 0 Å². The minimum Gasteiger partial charge on any atom is -0.464 e. The molecule has 0 saturated heterocycles. The lowest BCUT2D eigenvalue weighted by Gasteiger charge is -2.21. The molecule has 0 amide bonds. The molecule has 0 N–H and O–H groups in total. The van der Waals surface area contributed by atoms with E-state index in [1.54, 1.807) is 12.5 Å². The summed E-state index contributed by atoms with van der Waals surface area (Å²) in [6.07, 6.45) is 3.57. The topological polar surface area (TPSA) is 46.0 Å². The fraction of sp³-hybridized carbons (Fsp3) is 0.167. The van der Waals surface area contributed by atoms with Crippen LogP contribution in [0, 0.1) is 0 Å². The van der Waals surface area contributed by atoms with Crippen molar-refractivity contribution in [1.82, 2.24) is 18.3 Å². The maximum Gasteiger partial charge on any atom is 0.134 e. The fourth-order valence-corrected chi connectivity index (χ4v) is 9.86. The first kappa shape index (κ1) is 31.2. The molecular weight excluding hydrogens is 665 g/mol. The predicted molar refractivity (Wildman–Crippen MR) is 225 cm³/mol. The Balaban J connectivity index is 1.55. The smallest absolute Gasteiger partial charge is 0.134 e. The van der Waals surface area contributed by atoms with Gasteiger partial charge in [0.1, 0.15) is 11.5 Å². The van der Waals surface area contributed by atoms with Crippen LogP contribution in [0.1, 0.15) is 27.7 Å². The average Bonchev–Trinajstić information content (AvgIpc) is 4.04. The molecule has 54 heavy (non-hydrogen) atoms. The van der Waals surface area contributed by atoms with Gasteiger partial charge in [0.15, 0.2) is 0 Å². The zero-order valence-corrected chi connectivity index (χ0v) is 31.0. The predicted octanol–water partition coefficient (Wildman–Crippen LogP) is 13.3. The Labute approximate surface area is 311 Å². The van der Waals surface area contributed by atoms with Crippen LogP contribution in [-0.4, -0.2) is 18.3 Å². The largest absolute Gasteiger partial charge is 0.464 e. The van der Waals surface area contributed by atoms with Crippen LogP contribution < -0.4 is 0 Å². The zero-order valence-electron chi connectivity index (χ0n) is 31.0. The van der Waals surface area contributed by atoms with Gasteiger partial charge in [-0.3, -0.25) is 0 Å². The van der Waals surface area contributed by atoms with Gasteiger partial charge >= 0.3 is 0 Å². The van der Waals surface area contributed by atoms with Crippen molar-refractivity contribution in [3.63, 3.8) is 0 Å². The minimum absolute atomic E-state index is 0.788. The van der Waals surface area contributed by atoms with E-state index in [1.807, 2.05) is 12.1 Å². The van der Waals surface area contributed by atoms with Crippen LogP contribution in [0.3, 0.4) is 0 Å². The van der Waals surface area contributed by atoms with Gasteiger partial charge in [-0.25, -0.2) is 0 Å². The first-order chi connectivity index (χ1) is 26.7. The van der Waals surface area contributed by atoms with E-state index in [2.05, 4.69) is 143 Å². The lowest BCUT2D eigenvalue weighted by molar-refractivity contribution is 0.582. The summed E-state index contributed by atoms with van der Waals surface area (Å²) >= 11 is 0. The van der Waals surface area contributed by atoms with Crippen molar-refractivity contribution in [2.24, 2.45) is 0 Å². The van der Waals surface area contributed by atoms with E-state index in [-0.39, 0.29) is 0 Å². The van der Waals surface area contributed by atoms with E-state index < -0.39 is 0 Å². The molecule has 0 spiro atoms. The highest BCUT2D eigenvalue weighted by Crippen LogP contribution is 2.47. The molecule has 6 nitrogen and oxygen atoms in total. The SMILES string of the molecule is CCn1c2ccc(-c3ccco3)c3c2cc(c2c3c3ccccc3n2CC)n(CC)c2ccc(-c3ccco3)c3c2cc1c1c3c2ccccc2n1CC. The number of aromatic nitrogens is 4. The molecule has 6 aromatic carbocycles. The van der Waals surface area contributed by atoms with E-state index in [0.29, 0.717) is 0 Å². The fourth-order valence-electron chi connectivity index (χ4n) is 9.86. The lowest BCUT2D eigenvalue weighted by Crippen LogP contribution is -2.06. The summed E-state index contributed by atoms with van der Waals surface area (Å²) in [4.78, 5) is 0. The van der Waals surface area contributed by atoms with Gasteiger partial charge in [0, 0.05) is 102 Å². The molecule has 0 radical (unpaired) electrons. The Morgan fingerprint density at radius 2 is 0.778 bits per heavy atom. The number of nitrogens with zero attached hydrogens (tertiary/aromatic N) is 4. The second-order valence-electron chi connectivity index (χ2n) is 14.3. The average molecular weight is 705 g/mol. The molecule has 264 valence electrons. The number of furan rings is 2. The second-order valence-corrected chi connectivity index (χ2v) is 14.3. The summed E-state index contributed by atoms with van der Waals surface area (Å²) < 4.78 is 22.5. The third-order valence-corrected chi connectivity index (χ3v) is 11.9. The molecule has 0 aliphatic heterocycles. The molecular formula is C48H40N4O2. The van der Waals surface area contributed by atoms with Crippen LogP contribution in [-0.2, 0) is 26.2 Å². The third kappa shape index (κ3) is 3.95. The van der Waals surface area contributed by atoms with Crippen LogP contribution in [0.25, 0.3) is 110 Å². The molecule has 0 unspecified atom stereocenters. The third-order valence-electron chi connectivity index (χ3n) is 11.9. The molecule has 5 heterocycles. The lowest BCUT2D eigenvalue weighted by atomic mass is 9.94. The second kappa shape index (κ2) is 11.5. The molecule has 6 heteroatoms. The summed E-state index contributed by atoms with van der Waals surface area (Å²) in [5.41, 5.74) is 12.0. The monoisotopic (exact) mass is 704 g/mol. The van der Waals surface area contributed by atoms with E-state index in [9.17, 15) is 0 Å². The molecule has 0 atom stereocenters. The van der Waals surface area contributed by atoms with Crippen LogP contribution >= 0.6 is 0 Å². The molecule has 0 aliphatic carbocycles. The van der Waals surface area contributed by atoms with Gasteiger partial charge < -0.3 is 27.1 Å². The Morgan fingerprint density at radius 1 is 0.370 bits per heavy atom. The number of para-hydroxylation sites is 2. The van der Waals surface area contributed by atoms with E-state index in [4.69, 9.17) is 8.83 Å². The van der Waals surface area contributed by atoms with Crippen molar-refractivity contribution in [3.05, 3.63) is 122 Å². The van der Waals surface area contributed by atoms with Crippen LogP contribution in [0.15, 0.2) is 131 Å². The summed E-state index contributed by atoms with van der Waals surface area (Å²) in [7, 11) is 0. The van der Waals surface area contributed by atoms with Crippen molar-refractivity contribution in [3.8, 4) is 22.6 Å². The zero-order chi connectivity index (χ0) is 36.2. The van der Waals surface area contributed by atoms with Crippen LogP contribution in [0.5, 0.6) is 0 Å². The first-order valence-electron chi connectivity index (χ1n) is 19.3. The van der Waals surface area contributed by atoms with Crippen molar-refractivity contribution in [2.75, 3.05) is 0 Å². The molecule has 0 fully saturated rings. The number of benzene rings is 6. The Kier molecular flexibility index (Phi) is 6.66. The van der Waals surface area contributed by atoms with Crippen molar-refractivity contribution < 1.29 is 8.83 Å². The van der Waals surface area contributed by atoms with Crippen LogP contribution in [0.2, 0.25) is 0 Å². The number of rotatable bonds is 6. The quantitative estimate of drug-likeness (QED) is 0.173. The van der Waals surface area contributed by atoms with Crippen LogP contribution in [0.4, 0.5) is 0 Å². The van der Waals surface area contributed by atoms with Gasteiger partial charge in [0.05, 0.1) is 34.6 Å². The van der Waals surface area contributed by atoms with Crippen molar-refractivity contribution >= 4 is 87.2 Å². The maximum atomic E-state index is 6.20. The molecule has 0 aliphatic rings. The number of fused-ring (bicyclic) bond motifs is 12. The van der Waals surface area contributed by atoms with Gasteiger partial charge in [-0.15, -0.1) is 0 Å². The normalized spacial score (nSPS) is 12.4. The number of hydrogen-bond acceptors (Lipinski definition) is 2. The molecule has 11 rings (SSSR count). The summed E-state index contributed by atoms with van der Waals surface area (Å²) in [6, 6.07) is 40.2. The van der Waals surface area contributed by atoms with E-state index >= 15 is 0 Å². The first-order valence-corrected chi connectivity index (χ1v) is 19.3. The van der Waals surface area contributed by atoms with Gasteiger partial charge in [0.25, 0.3) is 0 Å². The highest BCUT2D eigenvalue weighted by atomic mass is 16.3. The summed E-state index contributed by atoms with van der Waals surface area (Å²) in [5, 5.41) is 9.93. The van der Waals surface area contributed by atoms with E-state index in [0.717, 1.165) is 48.8 Å². The minimum atomic E-state index is 0.788. The molecule has 0 saturated carbocycles. The molecule has 11 aromatic rings. The Morgan fingerprint density at radius 3 is 1.17 bits per heavy atom. The number of aryl methyl sites for hydroxylation is 4. The van der Waals surface area contributed by atoms with Gasteiger partial charge in [0.2, 0.25) is 0 Å². The van der Waals surface area contributed by atoms with Gasteiger partial charge in [-0.05, 0) is 100 Å².